The SMILES string of the molecule is Br.O=C(NCCN1CC2Cc3cccc(O)c3C2C1)c1ccc(F)cc1. The molecule has 138 valence electrons. The Morgan fingerprint density at radius 3 is 2.73 bits per heavy atom. The number of likely N-dealkylation sites (tertiary alicyclic amines) is 1. The third kappa shape index (κ3) is 3.62. The number of phenolic OH excluding ortho intramolecular Hbond substituents is 1. The predicted octanol–water partition coefficient (Wildman–Crippen LogP) is 3.11. The van der Waals surface area contributed by atoms with Crippen LogP contribution in [0.3, 0.4) is 0 Å². The van der Waals surface area contributed by atoms with Gasteiger partial charge in [-0.15, -0.1) is 17.0 Å². The topological polar surface area (TPSA) is 52.6 Å². The first-order valence-electron chi connectivity index (χ1n) is 8.68. The van der Waals surface area contributed by atoms with Gasteiger partial charge in [-0.2, -0.15) is 0 Å². The number of hydrogen-bond acceptors (Lipinski definition) is 3. The van der Waals surface area contributed by atoms with Crippen molar-refractivity contribution >= 4 is 22.9 Å². The van der Waals surface area contributed by atoms with Gasteiger partial charge in [-0.25, -0.2) is 4.39 Å². The minimum Gasteiger partial charge on any atom is -0.508 e. The molecule has 1 fully saturated rings. The maximum absolute atomic E-state index is 12.9. The van der Waals surface area contributed by atoms with E-state index in [1.807, 2.05) is 6.07 Å². The summed E-state index contributed by atoms with van der Waals surface area (Å²) < 4.78 is 12.9. The minimum atomic E-state index is -0.344. The third-order valence-electron chi connectivity index (χ3n) is 5.36. The van der Waals surface area contributed by atoms with Crippen molar-refractivity contribution in [3.8, 4) is 5.75 Å². The molecule has 1 aliphatic heterocycles. The standard InChI is InChI=1S/C20H21FN2O2.BrH/c21-16-6-4-13(5-7-16)20(25)22-8-9-23-11-15-10-14-2-1-3-18(24)19(14)17(15)12-23;/h1-7,15,17,24H,8-12H2,(H,22,25);1H. The predicted molar refractivity (Wildman–Crippen MR) is 104 cm³/mol. The number of carbonyl (C=O) groups is 1. The van der Waals surface area contributed by atoms with Crippen LogP contribution in [0, 0.1) is 11.7 Å². The molecular formula is C20H22BrFN2O2. The molecule has 26 heavy (non-hydrogen) atoms. The molecule has 1 amide bonds. The maximum atomic E-state index is 12.9. The lowest BCUT2D eigenvalue weighted by Crippen LogP contribution is -2.34. The van der Waals surface area contributed by atoms with Crippen molar-refractivity contribution in [2.45, 2.75) is 12.3 Å². The van der Waals surface area contributed by atoms with Gasteiger partial charge < -0.3 is 15.3 Å². The fourth-order valence-electron chi connectivity index (χ4n) is 4.20. The van der Waals surface area contributed by atoms with Gasteiger partial charge in [-0.3, -0.25) is 4.79 Å². The van der Waals surface area contributed by atoms with E-state index in [1.165, 1.54) is 29.8 Å². The van der Waals surface area contributed by atoms with Gasteiger partial charge in [-0.1, -0.05) is 12.1 Å². The average molecular weight is 421 g/mol. The second-order valence-electron chi connectivity index (χ2n) is 6.94. The molecule has 0 bridgehead atoms. The number of fused-ring (bicyclic) bond motifs is 3. The average Bonchev–Trinajstić information content (AvgIpc) is 3.12. The lowest BCUT2D eigenvalue weighted by molar-refractivity contribution is 0.0949. The molecule has 0 spiro atoms. The van der Waals surface area contributed by atoms with Crippen LogP contribution in [0.5, 0.6) is 5.75 Å². The summed E-state index contributed by atoms with van der Waals surface area (Å²) in [6.45, 7) is 3.25. The molecule has 0 saturated carbocycles. The maximum Gasteiger partial charge on any atom is 0.251 e. The van der Waals surface area contributed by atoms with E-state index in [-0.39, 0.29) is 28.7 Å². The van der Waals surface area contributed by atoms with Crippen molar-refractivity contribution in [1.29, 1.82) is 0 Å². The van der Waals surface area contributed by atoms with Crippen LogP contribution in [0.2, 0.25) is 0 Å². The van der Waals surface area contributed by atoms with Gasteiger partial charge in [0.1, 0.15) is 11.6 Å². The van der Waals surface area contributed by atoms with Crippen LogP contribution < -0.4 is 5.32 Å². The zero-order chi connectivity index (χ0) is 17.4. The van der Waals surface area contributed by atoms with Crippen molar-refractivity contribution in [2.75, 3.05) is 26.2 Å². The summed E-state index contributed by atoms with van der Waals surface area (Å²) in [6, 6.07) is 11.4. The normalized spacial score (nSPS) is 21.0. The molecule has 2 aliphatic rings. The third-order valence-corrected chi connectivity index (χ3v) is 5.36. The van der Waals surface area contributed by atoms with Crippen LogP contribution >= 0.6 is 17.0 Å². The summed E-state index contributed by atoms with van der Waals surface area (Å²) in [7, 11) is 0. The van der Waals surface area contributed by atoms with Crippen molar-refractivity contribution in [3.63, 3.8) is 0 Å². The Kier molecular flexibility index (Phi) is 5.63. The van der Waals surface area contributed by atoms with Gasteiger partial charge >= 0.3 is 0 Å². The summed E-state index contributed by atoms with van der Waals surface area (Å²) in [5, 5.41) is 13.0. The van der Waals surface area contributed by atoms with E-state index in [2.05, 4.69) is 16.3 Å². The van der Waals surface area contributed by atoms with Crippen LogP contribution in [0.15, 0.2) is 42.5 Å². The number of aromatic hydroxyl groups is 1. The number of rotatable bonds is 4. The lowest BCUT2D eigenvalue weighted by Gasteiger charge is -2.18. The largest absolute Gasteiger partial charge is 0.508 e. The lowest BCUT2D eigenvalue weighted by atomic mass is 9.96. The van der Waals surface area contributed by atoms with Crippen LogP contribution in [-0.2, 0) is 6.42 Å². The van der Waals surface area contributed by atoms with Crippen molar-refractivity contribution in [2.24, 2.45) is 5.92 Å². The van der Waals surface area contributed by atoms with Crippen LogP contribution in [-0.4, -0.2) is 42.1 Å². The number of nitrogens with one attached hydrogen (secondary N) is 1. The highest BCUT2D eigenvalue weighted by atomic mass is 79.9. The van der Waals surface area contributed by atoms with Crippen LogP contribution in [0.25, 0.3) is 0 Å². The van der Waals surface area contributed by atoms with Gasteiger partial charge in [0.15, 0.2) is 0 Å². The molecule has 1 heterocycles. The van der Waals surface area contributed by atoms with E-state index in [4.69, 9.17) is 0 Å². The number of carbonyl (C=O) groups excluding carboxylic acids is 1. The van der Waals surface area contributed by atoms with Gasteiger partial charge in [0, 0.05) is 43.2 Å². The van der Waals surface area contributed by atoms with Gasteiger partial charge in [0.05, 0.1) is 0 Å². The highest BCUT2D eigenvalue weighted by Gasteiger charge is 2.40. The van der Waals surface area contributed by atoms with E-state index >= 15 is 0 Å². The smallest absolute Gasteiger partial charge is 0.251 e. The second-order valence-corrected chi connectivity index (χ2v) is 6.94. The first-order chi connectivity index (χ1) is 12.1. The molecular weight excluding hydrogens is 399 g/mol. The zero-order valence-corrected chi connectivity index (χ0v) is 16.0. The molecule has 1 aliphatic carbocycles. The summed E-state index contributed by atoms with van der Waals surface area (Å²) in [5.74, 6) is 0.836. The van der Waals surface area contributed by atoms with E-state index in [0.717, 1.165) is 31.6 Å². The number of nitrogens with zero attached hydrogens (tertiary/aromatic N) is 1. The van der Waals surface area contributed by atoms with Crippen molar-refractivity contribution < 1.29 is 14.3 Å². The molecule has 1 saturated heterocycles. The quantitative estimate of drug-likeness (QED) is 0.798. The molecule has 6 heteroatoms. The monoisotopic (exact) mass is 420 g/mol. The Morgan fingerprint density at radius 1 is 1.19 bits per heavy atom. The molecule has 2 aromatic carbocycles. The van der Waals surface area contributed by atoms with E-state index in [9.17, 15) is 14.3 Å². The van der Waals surface area contributed by atoms with Crippen LogP contribution in [0.4, 0.5) is 4.39 Å². The van der Waals surface area contributed by atoms with E-state index in [0.29, 0.717) is 29.7 Å². The molecule has 2 atom stereocenters. The Balaban J connectivity index is 0.00000196. The van der Waals surface area contributed by atoms with Gasteiger partial charge in [-0.05, 0) is 48.2 Å². The number of phenols is 1. The molecule has 0 aromatic heterocycles. The fraction of sp³-hybridized carbons (Fsp3) is 0.350. The Labute approximate surface area is 162 Å². The van der Waals surface area contributed by atoms with E-state index < -0.39 is 0 Å². The minimum absolute atomic E-state index is 0. The van der Waals surface area contributed by atoms with Gasteiger partial charge in [0.25, 0.3) is 5.91 Å². The Hall–Kier alpha value is -1.92. The molecule has 2 aromatic rings. The number of hydrogen-bond donors (Lipinski definition) is 2. The summed E-state index contributed by atoms with van der Waals surface area (Å²) in [5.41, 5.74) is 2.86. The molecule has 0 radical (unpaired) electrons. The van der Waals surface area contributed by atoms with Crippen LogP contribution in [0.1, 0.15) is 27.4 Å². The Morgan fingerprint density at radius 2 is 1.96 bits per heavy atom. The molecule has 2 unspecified atom stereocenters. The molecule has 4 rings (SSSR count). The highest BCUT2D eigenvalue weighted by molar-refractivity contribution is 8.93. The van der Waals surface area contributed by atoms with Crippen molar-refractivity contribution in [3.05, 3.63) is 65.0 Å². The summed E-state index contributed by atoms with van der Waals surface area (Å²) in [4.78, 5) is 14.4. The molecule has 2 N–H and O–H groups in total. The fourth-order valence-corrected chi connectivity index (χ4v) is 4.20. The van der Waals surface area contributed by atoms with Gasteiger partial charge in [0.2, 0.25) is 0 Å². The number of halogens is 2. The van der Waals surface area contributed by atoms with E-state index in [1.54, 1.807) is 6.07 Å². The van der Waals surface area contributed by atoms with Crippen molar-refractivity contribution in [1.82, 2.24) is 10.2 Å². The first-order valence-corrected chi connectivity index (χ1v) is 8.68. The summed E-state index contributed by atoms with van der Waals surface area (Å²) >= 11 is 0. The molecule has 4 nitrogen and oxygen atoms in total. The number of amides is 1. The zero-order valence-electron chi connectivity index (χ0n) is 14.3. The highest BCUT2D eigenvalue weighted by Crippen LogP contribution is 2.46. The Bertz CT molecular complexity index is 797. The summed E-state index contributed by atoms with van der Waals surface area (Å²) in [6.07, 6.45) is 1.02. The second kappa shape index (κ2) is 7.76. The first kappa shape index (κ1) is 18.9. The number of benzene rings is 2.